The van der Waals surface area contributed by atoms with Gasteiger partial charge in [0, 0.05) is 17.5 Å². The van der Waals surface area contributed by atoms with Crippen LogP contribution in [0.3, 0.4) is 0 Å². The van der Waals surface area contributed by atoms with E-state index in [2.05, 4.69) is 0 Å². The maximum absolute atomic E-state index is 12.1. The molecule has 0 aliphatic heterocycles. The van der Waals surface area contributed by atoms with E-state index >= 15 is 0 Å². The molecule has 0 aliphatic carbocycles. The number of hydrogen-bond donors (Lipinski definition) is 0. The third-order valence-electron chi connectivity index (χ3n) is 3.62. The molecule has 0 saturated carbocycles. The summed E-state index contributed by atoms with van der Waals surface area (Å²) in [5.74, 6) is 0.984. The van der Waals surface area contributed by atoms with Crippen molar-refractivity contribution in [2.24, 2.45) is 0 Å². The van der Waals surface area contributed by atoms with Crippen LogP contribution >= 0.6 is 0 Å². The highest BCUT2D eigenvalue weighted by Crippen LogP contribution is 2.21. The monoisotopic (exact) mass is 342 g/mol. The first-order chi connectivity index (χ1) is 12.1. The zero-order chi connectivity index (χ0) is 18.1. The van der Waals surface area contributed by atoms with Crippen LogP contribution in [0.4, 0.5) is 0 Å². The molecule has 25 heavy (non-hydrogen) atoms. The largest absolute Gasteiger partial charge is 0.496 e. The molecular formula is C20H22O5. The molecule has 2 aromatic rings. The highest BCUT2D eigenvalue weighted by Gasteiger charge is 2.10. The lowest BCUT2D eigenvalue weighted by molar-refractivity contribution is -0.143. The lowest BCUT2D eigenvalue weighted by atomic mass is 10.1. The third-order valence-corrected chi connectivity index (χ3v) is 3.62. The van der Waals surface area contributed by atoms with Crippen molar-refractivity contribution < 1.29 is 23.8 Å². The molecule has 132 valence electrons. The van der Waals surface area contributed by atoms with E-state index in [1.165, 1.54) is 0 Å². The van der Waals surface area contributed by atoms with Crippen molar-refractivity contribution in [3.05, 3.63) is 59.7 Å². The van der Waals surface area contributed by atoms with E-state index in [-0.39, 0.29) is 24.6 Å². The molecule has 2 rings (SSSR count). The van der Waals surface area contributed by atoms with Crippen molar-refractivity contribution >= 4 is 11.8 Å². The SMILES string of the molecule is CCOC(=O)CCC(=O)c1ccc(OCc2ccccc2OC)cc1. The number of methoxy groups -OCH3 is 1. The zero-order valence-electron chi connectivity index (χ0n) is 14.5. The average molecular weight is 342 g/mol. The van der Waals surface area contributed by atoms with Crippen LogP contribution < -0.4 is 9.47 Å². The van der Waals surface area contributed by atoms with Gasteiger partial charge in [0.25, 0.3) is 0 Å². The van der Waals surface area contributed by atoms with E-state index in [0.29, 0.717) is 24.5 Å². The molecule has 0 amide bonds. The van der Waals surface area contributed by atoms with Gasteiger partial charge in [-0.25, -0.2) is 0 Å². The molecule has 0 atom stereocenters. The van der Waals surface area contributed by atoms with Crippen molar-refractivity contribution in [3.63, 3.8) is 0 Å². The minimum Gasteiger partial charge on any atom is -0.496 e. The first-order valence-electron chi connectivity index (χ1n) is 8.17. The molecule has 0 heterocycles. The number of para-hydroxylation sites is 1. The maximum Gasteiger partial charge on any atom is 0.306 e. The highest BCUT2D eigenvalue weighted by atomic mass is 16.5. The molecule has 0 aromatic heterocycles. The number of ketones is 1. The van der Waals surface area contributed by atoms with Gasteiger partial charge in [0.15, 0.2) is 5.78 Å². The summed E-state index contributed by atoms with van der Waals surface area (Å²) < 4.78 is 15.8. The van der Waals surface area contributed by atoms with E-state index in [1.54, 1.807) is 38.3 Å². The standard InChI is InChI=1S/C20H22O5/c1-3-24-20(22)13-12-18(21)15-8-10-17(11-9-15)25-14-16-6-4-5-7-19(16)23-2/h4-11H,3,12-14H2,1-2H3. The van der Waals surface area contributed by atoms with Crippen molar-refractivity contribution in [1.82, 2.24) is 0 Å². The summed E-state index contributed by atoms with van der Waals surface area (Å²) in [6.07, 6.45) is 0.235. The molecule has 0 aliphatic rings. The van der Waals surface area contributed by atoms with E-state index in [0.717, 1.165) is 11.3 Å². The number of Topliss-reactive ketones (excluding diaryl/α,β-unsaturated/α-hetero) is 1. The molecule has 0 bridgehead atoms. The van der Waals surface area contributed by atoms with Gasteiger partial charge in [0.05, 0.1) is 20.1 Å². The Morgan fingerprint density at radius 3 is 2.36 bits per heavy atom. The fourth-order valence-electron chi connectivity index (χ4n) is 2.31. The topological polar surface area (TPSA) is 61.8 Å². The van der Waals surface area contributed by atoms with Gasteiger partial charge in [0.2, 0.25) is 0 Å². The second kappa shape index (κ2) is 9.47. The number of hydrogen-bond acceptors (Lipinski definition) is 5. The Bertz CT molecular complexity index is 706. The summed E-state index contributed by atoms with van der Waals surface area (Å²) in [7, 11) is 1.62. The van der Waals surface area contributed by atoms with E-state index < -0.39 is 0 Å². The number of benzene rings is 2. The van der Waals surface area contributed by atoms with Crippen LogP contribution in [0.15, 0.2) is 48.5 Å². The lowest BCUT2D eigenvalue weighted by Crippen LogP contribution is -2.08. The smallest absolute Gasteiger partial charge is 0.306 e. The van der Waals surface area contributed by atoms with Crippen molar-refractivity contribution in [2.75, 3.05) is 13.7 Å². The van der Waals surface area contributed by atoms with Crippen molar-refractivity contribution in [2.45, 2.75) is 26.4 Å². The zero-order valence-corrected chi connectivity index (χ0v) is 14.5. The molecule has 0 unspecified atom stereocenters. The minimum atomic E-state index is -0.354. The van der Waals surface area contributed by atoms with Gasteiger partial charge in [-0.1, -0.05) is 18.2 Å². The Hall–Kier alpha value is -2.82. The van der Waals surface area contributed by atoms with Crippen LogP contribution in [-0.2, 0) is 16.1 Å². The summed E-state index contributed by atoms with van der Waals surface area (Å²) in [4.78, 5) is 23.4. The average Bonchev–Trinajstić information content (AvgIpc) is 2.65. The number of rotatable bonds is 9. The molecule has 2 aromatic carbocycles. The van der Waals surface area contributed by atoms with E-state index in [4.69, 9.17) is 14.2 Å². The van der Waals surface area contributed by atoms with E-state index in [9.17, 15) is 9.59 Å². The first kappa shape index (κ1) is 18.5. The van der Waals surface area contributed by atoms with Gasteiger partial charge >= 0.3 is 5.97 Å². The predicted octanol–water partition coefficient (Wildman–Crippen LogP) is 3.80. The van der Waals surface area contributed by atoms with Gasteiger partial charge in [-0.2, -0.15) is 0 Å². The molecule has 0 radical (unpaired) electrons. The highest BCUT2D eigenvalue weighted by molar-refractivity contribution is 5.97. The predicted molar refractivity (Wildman–Crippen MR) is 94.0 cm³/mol. The molecule has 5 heteroatoms. The second-order valence-corrected chi connectivity index (χ2v) is 5.35. The number of carbonyl (C=O) groups is 2. The van der Waals surface area contributed by atoms with Crippen LogP contribution in [0.25, 0.3) is 0 Å². The molecule has 0 saturated heterocycles. The lowest BCUT2D eigenvalue weighted by Gasteiger charge is -2.10. The van der Waals surface area contributed by atoms with Crippen LogP contribution in [-0.4, -0.2) is 25.5 Å². The van der Waals surface area contributed by atoms with Gasteiger partial charge in [-0.05, 0) is 37.3 Å². The van der Waals surface area contributed by atoms with Gasteiger partial charge in [0.1, 0.15) is 18.1 Å². The fourth-order valence-corrected chi connectivity index (χ4v) is 2.31. The Morgan fingerprint density at radius 1 is 0.960 bits per heavy atom. The molecular weight excluding hydrogens is 320 g/mol. The number of carbonyl (C=O) groups excluding carboxylic acids is 2. The Morgan fingerprint density at radius 2 is 1.68 bits per heavy atom. The number of ether oxygens (including phenoxy) is 3. The summed E-state index contributed by atoms with van der Waals surface area (Å²) in [5.41, 5.74) is 1.49. The first-order valence-corrected chi connectivity index (χ1v) is 8.17. The maximum atomic E-state index is 12.1. The second-order valence-electron chi connectivity index (χ2n) is 5.35. The van der Waals surface area contributed by atoms with Crippen LogP contribution in [0, 0.1) is 0 Å². The van der Waals surface area contributed by atoms with Crippen LogP contribution in [0.5, 0.6) is 11.5 Å². The number of esters is 1. The summed E-state index contributed by atoms with van der Waals surface area (Å²) >= 11 is 0. The Balaban J connectivity index is 1.89. The third kappa shape index (κ3) is 5.64. The van der Waals surface area contributed by atoms with Crippen molar-refractivity contribution in [3.8, 4) is 11.5 Å². The van der Waals surface area contributed by atoms with Gasteiger partial charge in [-0.3, -0.25) is 9.59 Å². The molecule has 5 nitrogen and oxygen atoms in total. The summed E-state index contributed by atoms with van der Waals surface area (Å²) in [6.45, 7) is 2.44. The quantitative estimate of drug-likeness (QED) is 0.512. The Kier molecular flexibility index (Phi) is 7.01. The van der Waals surface area contributed by atoms with Crippen LogP contribution in [0.2, 0.25) is 0 Å². The molecule has 0 N–H and O–H groups in total. The van der Waals surface area contributed by atoms with Gasteiger partial charge in [-0.15, -0.1) is 0 Å². The van der Waals surface area contributed by atoms with Crippen LogP contribution in [0.1, 0.15) is 35.7 Å². The normalized spacial score (nSPS) is 10.2. The van der Waals surface area contributed by atoms with E-state index in [1.807, 2.05) is 24.3 Å². The van der Waals surface area contributed by atoms with Crippen molar-refractivity contribution in [1.29, 1.82) is 0 Å². The Labute approximate surface area is 147 Å². The summed E-state index contributed by atoms with van der Waals surface area (Å²) in [6, 6.07) is 14.5. The molecule has 0 fully saturated rings. The molecule has 0 spiro atoms. The minimum absolute atomic E-state index is 0.0932. The fraction of sp³-hybridized carbons (Fsp3) is 0.300. The van der Waals surface area contributed by atoms with Gasteiger partial charge < -0.3 is 14.2 Å². The summed E-state index contributed by atoms with van der Waals surface area (Å²) in [5, 5.41) is 0.